The quantitative estimate of drug-likeness (QED) is 0.288. The van der Waals surface area contributed by atoms with Crippen LogP contribution in [0, 0.1) is 0 Å². The van der Waals surface area contributed by atoms with E-state index in [0.717, 1.165) is 34.2 Å². The van der Waals surface area contributed by atoms with Gasteiger partial charge in [0.15, 0.2) is 5.58 Å². The molecule has 0 bridgehead atoms. The fourth-order valence-electron chi connectivity index (χ4n) is 3.99. The summed E-state index contributed by atoms with van der Waals surface area (Å²) in [5, 5.41) is 2.98. The number of nitrogens with one attached hydrogen (secondary N) is 1. The van der Waals surface area contributed by atoms with Gasteiger partial charge in [0.05, 0.1) is 0 Å². The van der Waals surface area contributed by atoms with Crippen molar-refractivity contribution in [2.45, 2.75) is 26.2 Å². The Bertz CT molecular complexity index is 1440. The monoisotopic (exact) mass is 446 g/mol. The van der Waals surface area contributed by atoms with Crippen LogP contribution >= 0.6 is 0 Å². The van der Waals surface area contributed by atoms with E-state index < -0.39 is 0 Å². The van der Waals surface area contributed by atoms with Crippen LogP contribution in [0.5, 0.6) is 0 Å². The van der Waals surface area contributed by atoms with Crippen LogP contribution in [0.15, 0.2) is 101 Å². The Labute approximate surface area is 199 Å². The molecule has 0 aliphatic carbocycles. The van der Waals surface area contributed by atoms with E-state index in [1.807, 2.05) is 72.8 Å². The Morgan fingerprint density at radius 2 is 1.59 bits per heavy atom. The molecule has 0 aliphatic rings. The molecule has 168 valence electrons. The maximum absolute atomic E-state index is 12.8. The molecule has 4 aromatic carbocycles. The molecular weight excluding hydrogens is 420 g/mol. The second-order valence-corrected chi connectivity index (χ2v) is 8.53. The van der Waals surface area contributed by atoms with Crippen molar-refractivity contribution in [2.24, 2.45) is 0 Å². The molecule has 1 N–H and O–H groups in total. The van der Waals surface area contributed by atoms with Gasteiger partial charge in [-0.1, -0.05) is 68.4 Å². The smallest absolute Gasteiger partial charge is 0.255 e. The SMILES string of the molecule is CCC(C)c1ccc2oc(-c3cccc(NC(=O)c4ccc(-c5ccccc5)cc4)c3)nc2c1. The van der Waals surface area contributed by atoms with Crippen LogP contribution in [0.1, 0.15) is 42.1 Å². The normalized spacial score (nSPS) is 11.9. The van der Waals surface area contributed by atoms with E-state index in [-0.39, 0.29) is 5.91 Å². The van der Waals surface area contributed by atoms with Crippen LogP contribution in [0.2, 0.25) is 0 Å². The molecule has 0 aliphatic heterocycles. The first kappa shape index (κ1) is 21.7. The summed E-state index contributed by atoms with van der Waals surface area (Å²) in [4.78, 5) is 17.5. The fraction of sp³-hybridized carbons (Fsp3) is 0.133. The summed E-state index contributed by atoms with van der Waals surface area (Å²) in [6, 6.07) is 31.5. The predicted molar refractivity (Wildman–Crippen MR) is 138 cm³/mol. The second kappa shape index (κ2) is 9.36. The zero-order chi connectivity index (χ0) is 23.5. The molecular formula is C30H26N2O2. The van der Waals surface area contributed by atoms with Gasteiger partial charge in [0.25, 0.3) is 5.91 Å². The predicted octanol–water partition coefficient (Wildman–Crippen LogP) is 7.93. The molecule has 34 heavy (non-hydrogen) atoms. The molecule has 1 amide bonds. The lowest BCUT2D eigenvalue weighted by molar-refractivity contribution is 0.102. The number of oxazole rings is 1. The molecule has 5 rings (SSSR count). The van der Waals surface area contributed by atoms with E-state index in [0.29, 0.717) is 23.1 Å². The highest BCUT2D eigenvalue weighted by Crippen LogP contribution is 2.29. The number of hydrogen-bond donors (Lipinski definition) is 1. The lowest BCUT2D eigenvalue weighted by Gasteiger charge is -2.07. The van der Waals surface area contributed by atoms with Crippen LogP contribution < -0.4 is 5.32 Å². The van der Waals surface area contributed by atoms with E-state index in [4.69, 9.17) is 9.40 Å². The highest BCUT2D eigenvalue weighted by Gasteiger charge is 2.13. The summed E-state index contributed by atoms with van der Waals surface area (Å²) in [7, 11) is 0. The molecule has 1 unspecified atom stereocenters. The fourth-order valence-corrected chi connectivity index (χ4v) is 3.99. The number of benzene rings is 4. The summed E-state index contributed by atoms with van der Waals surface area (Å²) < 4.78 is 6.00. The third-order valence-corrected chi connectivity index (χ3v) is 6.21. The van der Waals surface area contributed by atoms with E-state index in [1.54, 1.807) is 0 Å². The molecule has 1 heterocycles. The minimum absolute atomic E-state index is 0.160. The van der Waals surface area contributed by atoms with Gasteiger partial charge in [0.2, 0.25) is 5.89 Å². The first-order valence-electron chi connectivity index (χ1n) is 11.6. The zero-order valence-electron chi connectivity index (χ0n) is 19.3. The number of fused-ring (bicyclic) bond motifs is 1. The molecule has 0 fully saturated rings. The molecule has 0 radical (unpaired) electrons. The van der Waals surface area contributed by atoms with Gasteiger partial charge >= 0.3 is 0 Å². The Kier molecular flexibility index (Phi) is 5.96. The summed E-state index contributed by atoms with van der Waals surface area (Å²) in [5.41, 5.74) is 7.17. The second-order valence-electron chi connectivity index (χ2n) is 8.53. The van der Waals surface area contributed by atoms with Crippen LogP contribution in [0.4, 0.5) is 5.69 Å². The topological polar surface area (TPSA) is 55.1 Å². The third kappa shape index (κ3) is 4.48. The van der Waals surface area contributed by atoms with Gasteiger partial charge in [-0.15, -0.1) is 0 Å². The first-order valence-corrected chi connectivity index (χ1v) is 11.6. The van der Waals surface area contributed by atoms with Gasteiger partial charge in [-0.05, 0) is 71.5 Å². The molecule has 1 aromatic heterocycles. The van der Waals surface area contributed by atoms with Crippen LogP contribution in [0.3, 0.4) is 0 Å². The molecule has 4 nitrogen and oxygen atoms in total. The maximum Gasteiger partial charge on any atom is 0.255 e. The van der Waals surface area contributed by atoms with Gasteiger partial charge in [-0.3, -0.25) is 4.79 Å². The van der Waals surface area contributed by atoms with Crippen molar-refractivity contribution in [1.82, 2.24) is 4.98 Å². The number of rotatable bonds is 6. The number of carbonyl (C=O) groups excluding carboxylic acids is 1. The Morgan fingerprint density at radius 3 is 2.35 bits per heavy atom. The average Bonchev–Trinajstić information content (AvgIpc) is 3.32. The van der Waals surface area contributed by atoms with E-state index in [9.17, 15) is 4.79 Å². The Morgan fingerprint density at radius 1 is 0.853 bits per heavy atom. The number of nitrogens with zero attached hydrogens (tertiary/aromatic N) is 1. The summed E-state index contributed by atoms with van der Waals surface area (Å²) >= 11 is 0. The molecule has 0 spiro atoms. The summed E-state index contributed by atoms with van der Waals surface area (Å²) in [5.74, 6) is 0.858. The van der Waals surface area contributed by atoms with Crippen molar-refractivity contribution in [3.05, 3.63) is 108 Å². The lowest BCUT2D eigenvalue weighted by atomic mass is 9.98. The van der Waals surface area contributed by atoms with Crippen LogP contribution in [-0.2, 0) is 0 Å². The number of hydrogen-bond acceptors (Lipinski definition) is 3. The van der Waals surface area contributed by atoms with Gasteiger partial charge in [0.1, 0.15) is 5.52 Å². The van der Waals surface area contributed by atoms with Crippen molar-refractivity contribution in [3.8, 4) is 22.6 Å². The maximum atomic E-state index is 12.8. The average molecular weight is 447 g/mol. The van der Waals surface area contributed by atoms with Crippen molar-refractivity contribution in [2.75, 3.05) is 5.32 Å². The van der Waals surface area contributed by atoms with Crippen molar-refractivity contribution >= 4 is 22.7 Å². The van der Waals surface area contributed by atoms with E-state index >= 15 is 0 Å². The van der Waals surface area contributed by atoms with Gasteiger partial charge in [0, 0.05) is 16.8 Å². The van der Waals surface area contributed by atoms with Crippen molar-refractivity contribution < 1.29 is 9.21 Å². The molecule has 4 heteroatoms. The number of carbonyl (C=O) groups is 1. The molecule has 1 atom stereocenters. The summed E-state index contributed by atoms with van der Waals surface area (Å²) in [6.07, 6.45) is 1.08. The molecule has 5 aromatic rings. The first-order chi connectivity index (χ1) is 16.6. The standard InChI is InChI=1S/C30H26N2O2/c1-3-20(2)24-16-17-28-27(19-24)32-30(34-28)25-10-7-11-26(18-25)31-29(33)23-14-12-22(13-15-23)21-8-5-4-6-9-21/h4-20H,3H2,1-2H3,(H,31,33). The number of aromatic nitrogens is 1. The van der Waals surface area contributed by atoms with Crippen LogP contribution in [-0.4, -0.2) is 10.9 Å². The minimum Gasteiger partial charge on any atom is -0.436 e. The third-order valence-electron chi connectivity index (χ3n) is 6.21. The Hall–Kier alpha value is -4.18. The van der Waals surface area contributed by atoms with E-state index in [2.05, 4.69) is 43.4 Å². The molecule has 0 saturated heterocycles. The minimum atomic E-state index is -0.160. The number of amides is 1. The van der Waals surface area contributed by atoms with Crippen molar-refractivity contribution in [1.29, 1.82) is 0 Å². The van der Waals surface area contributed by atoms with Gasteiger partial charge in [-0.25, -0.2) is 4.98 Å². The highest BCUT2D eigenvalue weighted by molar-refractivity contribution is 6.04. The van der Waals surface area contributed by atoms with E-state index in [1.165, 1.54) is 5.56 Å². The van der Waals surface area contributed by atoms with Crippen molar-refractivity contribution in [3.63, 3.8) is 0 Å². The Balaban J connectivity index is 1.34. The largest absolute Gasteiger partial charge is 0.436 e. The highest BCUT2D eigenvalue weighted by atomic mass is 16.3. The van der Waals surface area contributed by atoms with Gasteiger partial charge in [-0.2, -0.15) is 0 Å². The number of anilines is 1. The zero-order valence-corrected chi connectivity index (χ0v) is 19.3. The molecule has 0 saturated carbocycles. The lowest BCUT2D eigenvalue weighted by Crippen LogP contribution is -2.11. The van der Waals surface area contributed by atoms with Gasteiger partial charge < -0.3 is 9.73 Å². The summed E-state index contributed by atoms with van der Waals surface area (Å²) in [6.45, 7) is 4.39. The van der Waals surface area contributed by atoms with Crippen LogP contribution in [0.25, 0.3) is 33.7 Å².